The van der Waals surface area contributed by atoms with E-state index < -0.39 is 0 Å². The van der Waals surface area contributed by atoms with E-state index in [1.807, 2.05) is 24.3 Å². The summed E-state index contributed by atoms with van der Waals surface area (Å²) in [6.45, 7) is 3.45. The first-order valence-electron chi connectivity index (χ1n) is 12.8. The molecule has 5 rings (SSSR count). The first-order chi connectivity index (χ1) is 17.1. The molecular formula is C31H34N2O2. The molecule has 4 nitrogen and oxygen atoms in total. The molecule has 0 radical (unpaired) electrons. The lowest BCUT2D eigenvalue weighted by Crippen LogP contribution is -2.30. The van der Waals surface area contributed by atoms with E-state index in [1.165, 1.54) is 43.2 Å². The minimum atomic E-state index is -0.0738. The van der Waals surface area contributed by atoms with Gasteiger partial charge in [0.25, 0.3) is 5.91 Å². The third kappa shape index (κ3) is 6.01. The molecule has 1 aliphatic heterocycles. The van der Waals surface area contributed by atoms with Crippen LogP contribution in [0.2, 0.25) is 0 Å². The van der Waals surface area contributed by atoms with Gasteiger partial charge in [0.15, 0.2) is 0 Å². The van der Waals surface area contributed by atoms with Crippen molar-refractivity contribution >= 4 is 17.7 Å². The van der Waals surface area contributed by atoms with Gasteiger partial charge in [-0.2, -0.15) is 0 Å². The zero-order valence-electron chi connectivity index (χ0n) is 20.5. The molecule has 0 atom stereocenters. The second-order valence-corrected chi connectivity index (χ2v) is 9.75. The van der Waals surface area contributed by atoms with Crippen molar-refractivity contribution in [3.8, 4) is 16.9 Å². The normalized spacial score (nSPS) is 16.0. The number of hydrogen-bond acceptors (Lipinski definition) is 3. The Balaban J connectivity index is 1.25. The van der Waals surface area contributed by atoms with Crippen molar-refractivity contribution in [2.45, 2.75) is 58.0 Å². The maximum atomic E-state index is 13.1. The largest absolute Gasteiger partial charge is 0.493 e. The second kappa shape index (κ2) is 10.9. The molecule has 1 fully saturated rings. The van der Waals surface area contributed by atoms with Crippen molar-refractivity contribution in [2.75, 3.05) is 11.9 Å². The number of fused-ring (bicyclic) bond motifs is 1. The van der Waals surface area contributed by atoms with E-state index in [2.05, 4.69) is 66.1 Å². The molecule has 3 aromatic rings. The lowest BCUT2D eigenvalue weighted by molar-refractivity contribution is -0.113. The molecule has 4 heteroatoms. The predicted octanol–water partition coefficient (Wildman–Crippen LogP) is 6.89. The summed E-state index contributed by atoms with van der Waals surface area (Å²) in [6, 6.07) is 23.5. The van der Waals surface area contributed by atoms with Crippen LogP contribution in [0.3, 0.4) is 0 Å². The van der Waals surface area contributed by atoms with Crippen molar-refractivity contribution in [1.29, 1.82) is 0 Å². The van der Waals surface area contributed by atoms with Crippen LogP contribution in [0.4, 0.5) is 5.69 Å². The van der Waals surface area contributed by atoms with E-state index in [0.29, 0.717) is 19.1 Å². The van der Waals surface area contributed by atoms with Gasteiger partial charge in [-0.3, -0.25) is 4.79 Å². The number of ether oxygens (including phenoxy) is 1. The Morgan fingerprint density at radius 2 is 1.66 bits per heavy atom. The monoisotopic (exact) mass is 466 g/mol. The number of hydrogen-bond donors (Lipinski definition) is 2. The Labute approximate surface area is 208 Å². The molecule has 0 bridgehead atoms. The SMILES string of the molecule is Cc1ccc(-c2ccc3c(c2)C=C(C(=O)Nc2ccc(CNC4CCCCC4)cc2)CCO3)cc1. The van der Waals surface area contributed by atoms with E-state index in [9.17, 15) is 4.79 Å². The minimum absolute atomic E-state index is 0.0738. The van der Waals surface area contributed by atoms with Gasteiger partial charge in [-0.25, -0.2) is 0 Å². The van der Waals surface area contributed by atoms with Gasteiger partial charge in [0.2, 0.25) is 0 Å². The van der Waals surface area contributed by atoms with Gasteiger partial charge in [0.05, 0.1) is 6.61 Å². The van der Waals surface area contributed by atoms with Crippen LogP contribution in [0.15, 0.2) is 72.3 Å². The molecule has 2 N–H and O–H groups in total. The number of benzene rings is 3. The van der Waals surface area contributed by atoms with E-state index >= 15 is 0 Å². The van der Waals surface area contributed by atoms with Crippen LogP contribution in [0.1, 0.15) is 55.2 Å². The number of anilines is 1. The Morgan fingerprint density at radius 1 is 0.914 bits per heavy atom. The zero-order valence-corrected chi connectivity index (χ0v) is 20.5. The standard InChI is InChI=1S/C31H34N2O2/c1-22-7-11-24(12-8-22)25-13-16-30-27(19-25)20-26(17-18-35-30)31(34)33-29-14-9-23(10-15-29)21-32-28-5-3-2-4-6-28/h7-16,19-20,28,32H,2-6,17-18,21H2,1H3,(H,33,34). The molecule has 0 aromatic heterocycles. The molecule has 1 heterocycles. The Kier molecular flexibility index (Phi) is 7.29. The summed E-state index contributed by atoms with van der Waals surface area (Å²) in [7, 11) is 0. The third-order valence-electron chi connectivity index (χ3n) is 7.06. The number of nitrogens with one attached hydrogen (secondary N) is 2. The summed E-state index contributed by atoms with van der Waals surface area (Å²) in [5.41, 5.74) is 7.23. The van der Waals surface area contributed by atoms with Crippen molar-refractivity contribution in [3.63, 3.8) is 0 Å². The summed E-state index contributed by atoms with van der Waals surface area (Å²) in [5, 5.41) is 6.75. The summed E-state index contributed by atoms with van der Waals surface area (Å²) >= 11 is 0. The van der Waals surface area contributed by atoms with Gasteiger partial charge in [-0.05, 0) is 66.8 Å². The molecule has 0 spiro atoms. The van der Waals surface area contributed by atoms with Gasteiger partial charge in [-0.1, -0.05) is 67.3 Å². The summed E-state index contributed by atoms with van der Waals surface area (Å²) < 4.78 is 5.94. The van der Waals surface area contributed by atoms with Gasteiger partial charge >= 0.3 is 0 Å². The summed E-state index contributed by atoms with van der Waals surface area (Å²) in [4.78, 5) is 13.1. The molecule has 180 valence electrons. The first-order valence-corrected chi connectivity index (χ1v) is 12.8. The lowest BCUT2D eigenvalue weighted by atomic mass is 9.95. The maximum absolute atomic E-state index is 13.1. The van der Waals surface area contributed by atoms with Gasteiger partial charge in [0.1, 0.15) is 5.75 Å². The number of amides is 1. The molecule has 35 heavy (non-hydrogen) atoms. The maximum Gasteiger partial charge on any atom is 0.251 e. The molecule has 0 saturated heterocycles. The Morgan fingerprint density at radius 3 is 2.43 bits per heavy atom. The highest BCUT2D eigenvalue weighted by Crippen LogP contribution is 2.31. The summed E-state index contributed by atoms with van der Waals surface area (Å²) in [5.74, 6) is 0.744. The average Bonchev–Trinajstić information content (AvgIpc) is 3.11. The number of aryl methyl sites for hydroxylation is 1. The Hall–Kier alpha value is -3.37. The topological polar surface area (TPSA) is 50.4 Å². The molecule has 1 saturated carbocycles. The molecule has 1 aliphatic carbocycles. The lowest BCUT2D eigenvalue weighted by Gasteiger charge is -2.22. The minimum Gasteiger partial charge on any atom is -0.493 e. The van der Waals surface area contributed by atoms with E-state index in [4.69, 9.17) is 4.74 Å². The van der Waals surface area contributed by atoms with Crippen LogP contribution in [-0.2, 0) is 11.3 Å². The first kappa shape index (κ1) is 23.4. The van der Waals surface area contributed by atoms with Crippen LogP contribution in [0, 0.1) is 6.92 Å². The molecular weight excluding hydrogens is 432 g/mol. The highest BCUT2D eigenvalue weighted by molar-refractivity contribution is 6.07. The van der Waals surface area contributed by atoms with Crippen LogP contribution in [-0.4, -0.2) is 18.6 Å². The number of carbonyl (C=O) groups excluding carboxylic acids is 1. The van der Waals surface area contributed by atoms with Gasteiger partial charge in [-0.15, -0.1) is 0 Å². The highest BCUT2D eigenvalue weighted by Gasteiger charge is 2.17. The average molecular weight is 467 g/mol. The van der Waals surface area contributed by atoms with Crippen molar-refractivity contribution in [1.82, 2.24) is 5.32 Å². The quantitative estimate of drug-likeness (QED) is 0.416. The fourth-order valence-corrected chi connectivity index (χ4v) is 4.91. The number of rotatable bonds is 6. The predicted molar refractivity (Wildman–Crippen MR) is 143 cm³/mol. The fourth-order valence-electron chi connectivity index (χ4n) is 4.91. The smallest absolute Gasteiger partial charge is 0.251 e. The molecule has 3 aromatic carbocycles. The van der Waals surface area contributed by atoms with Crippen molar-refractivity contribution < 1.29 is 9.53 Å². The van der Waals surface area contributed by atoms with Crippen LogP contribution >= 0.6 is 0 Å². The van der Waals surface area contributed by atoms with Crippen LogP contribution < -0.4 is 15.4 Å². The van der Waals surface area contributed by atoms with Crippen molar-refractivity contribution in [3.05, 3.63) is 89.0 Å². The fraction of sp³-hybridized carbons (Fsp3) is 0.323. The van der Waals surface area contributed by atoms with E-state index in [1.54, 1.807) is 0 Å². The van der Waals surface area contributed by atoms with Gasteiger partial charge in [0, 0.05) is 35.8 Å². The van der Waals surface area contributed by atoms with Gasteiger partial charge < -0.3 is 15.4 Å². The zero-order chi connectivity index (χ0) is 24.0. The summed E-state index contributed by atoms with van der Waals surface area (Å²) in [6.07, 6.45) is 9.14. The molecule has 0 unspecified atom stereocenters. The van der Waals surface area contributed by atoms with Crippen molar-refractivity contribution in [2.24, 2.45) is 0 Å². The number of carbonyl (C=O) groups is 1. The van der Waals surface area contributed by atoms with E-state index in [-0.39, 0.29) is 5.91 Å². The molecule has 2 aliphatic rings. The Bertz CT molecular complexity index is 1190. The highest BCUT2D eigenvalue weighted by atomic mass is 16.5. The van der Waals surface area contributed by atoms with Crippen LogP contribution in [0.5, 0.6) is 5.75 Å². The van der Waals surface area contributed by atoms with E-state index in [0.717, 1.165) is 40.2 Å². The molecule has 1 amide bonds. The van der Waals surface area contributed by atoms with Crippen LogP contribution in [0.25, 0.3) is 17.2 Å². The third-order valence-corrected chi connectivity index (χ3v) is 7.06. The second-order valence-electron chi connectivity index (χ2n) is 9.75.